The van der Waals surface area contributed by atoms with Crippen LogP contribution in [0.3, 0.4) is 0 Å². The van der Waals surface area contributed by atoms with Crippen molar-refractivity contribution < 1.29 is 9.90 Å². The van der Waals surface area contributed by atoms with E-state index in [2.05, 4.69) is 45.0 Å². The van der Waals surface area contributed by atoms with Gasteiger partial charge in [-0.05, 0) is 92.3 Å². The largest absolute Gasteiger partial charge is 0.508 e. The standard InChI is InChI=1S/C30H30ClN5O2S/c1-17(2)29(38)33-25-13-10-21(16-24(25)31)36-28(27(34-30(36)39)26-7-5-6-14-32-26)23-15-18(3)35(19(23)4)20-8-11-22(37)12-9-20/h5-17,27-28,37H,1-4H3,(H,33,38)(H,34,39)/t27-,28-/m0/s1. The summed E-state index contributed by atoms with van der Waals surface area (Å²) in [5, 5.41) is 17.2. The third-order valence-electron chi connectivity index (χ3n) is 7.01. The highest BCUT2D eigenvalue weighted by Crippen LogP contribution is 2.44. The van der Waals surface area contributed by atoms with Crippen molar-refractivity contribution in [2.45, 2.75) is 39.8 Å². The Labute approximate surface area is 238 Å². The average Bonchev–Trinajstić information content (AvgIpc) is 3.41. The molecule has 2 aromatic heterocycles. The number of hydrogen-bond acceptors (Lipinski definition) is 4. The van der Waals surface area contributed by atoms with E-state index in [4.69, 9.17) is 23.8 Å². The van der Waals surface area contributed by atoms with Gasteiger partial charge in [0.2, 0.25) is 5.91 Å². The summed E-state index contributed by atoms with van der Waals surface area (Å²) in [6.45, 7) is 7.82. The van der Waals surface area contributed by atoms with Crippen LogP contribution in [0, 0.1) is 19.8 Å². The Hall–Kier alpha value is -3.88. The second-order valence-corrected chi connectivity index (χ2v) is 10.8. The molecule has 200 valence electrons. The van der Waals surface area contributed by atoms with Gasteiger partial charge in [0.05, 0.1) is 28.5 Å². The second-order valence-electron chi connectivity index (χ2n) is 9.98. The maximum atomic E-state index is 12.3. The molecule has 2 atom stereocenters. The van der Waals surface area contributed by atoms with Gasteiger partial charge >= 0.3 is 0 Å². The van der Waals surface area contributed by atoms with E-state index in [0.29, 0.717) is 15.8 Å². The summed E-state index contributed by atoms with van der Waals surface area (Å²) in [6.07, 6.45) is 1.78. The number of rotatable bonds is 6. The van der Waals surface area contributed by atoms with E-state index in [1.807, 2.05) is 62.4 Å². The lowest BCUT2D eigenvalue weighted by Gasteiger charge is -2.28. The molecule has 3 N–H and O–H groups in total. The van der Waals surface area contributed by atoms with Crippen molar-refractivity contribution in [2.24, 2.45) is 5.92 Å². The highest BCUT2D eigenvalue weighted by molar-refractivity contribution is 7.80. The van der Waals surface area contributed by atoms with E-state index < -0.39 is 0 Å². The molecule has 0 spiro atoms. The second kappa shape index (κ2) is 10.7. The van der Waals surface area contributed by atoms with Crippen LogP contribution in [0.1, 0.15) is 48.6 Å². The number of anilines is 2. The number of aryl methyl sites for hydroxylation is 1. The molecule has 1 saturated heterocycles. The van der Waals surface area contributed by atoms with Crippen LogP contribution in [0.5, 0.6) is 5.75 Å². The van der Waals surface area contributed by atoms with E-state index in [-0.39, 0.29) is 29.7 Å². The van der Waals surface area contributed by atoms with Crippen LogP contribution in [-0.4, -0.2) is 25.7 Å². The lowest BCUT2D eigenvalue weighted by Crippen LogP contribution is -2.29. The number of aromatic nitrogens is 2. The molecular formula is C30H30ClN5O2S. The third-order valence-corrected chi connectivity index (χ3v) is 7.64. The predicted molar refractivity (Wildman–Crippen MR) is 160 cm³/mol. The lowest BCUT2D eigenvalue weighted by atomic mass is 9.96. The van der Waals surface area contributed by atoms with Gasteiger partial charge in [-0.1, -0.05) is 31.5 Å². The molecule has 1 amide bonds. The van der Waals surface area contributed by atoms with Crippen molar-refractivity contribution in [1.82, 2.24) is 14.9 Å². The summed E-state index contributed by atoms with van der Waals surface area (Å²) >= 11 is 12.6. The number of halogens is 1. The van der Waals surface area contributed by atoms with Crippen LogP contribution in [0.25, 0.3) is 5.69 Å². The van der Waals surface area contributed by atoms with Gasteiger partial charge in [-0.3, -0.25) is 9.78 Å². The first-order chi connectivity index (χ1) is 18.7. The van der Waals surface area contributed by atoms with Gasteiger partial charge in [-0.15, -0.1) is 0 Å². The summed E-state index contributed by atoms with van der Waals surface area (Å²) in [5.41, 5.74) is 6.36. The number of carbonyl (C=O) groups is 1. The third kappa shape index (κ3) is 5.10. The summed E-state index contributed by atoms with van der Waals surface area (Å²) < 4.78 is 2.17. The molecule has 1 fully saturated rings. The Bertz CT molecular complexity index is 1540. The quantitative estimate of drug-likeness (QED) is 0.230. The molecule has 39 heavy (non-hydrogen) atoms. The average molecular weight is 560 g/mol. The maximum Gasteiger partial charge on any atom is 0.226 e. The zero-order valence-corrected chi connectivity index (χ0v) is 23.7. The minimum absolute atomic E-state index is 0.0993. The van der Waals surface area contributed by atoms with E-state index >= 15 is 0 Å². The highest BCUT2D eigenvalue weighted by atomic mass is 35.5. The summed E-state index contributed by atoms with van der Waals surface area (Å²) in [4.78, 5) is 19.0. The smallest absolute Gasteiger partial charge is 0.226 e. The number of hydrogen-bond donors (Lipinski definition) is 3. The maximum absolute atomic E-state index is 12.3. The van der Waals surface area contributed by atoms with Gasteiger partial charge in [-0.25, -0.2) is 0 Å². The van der Waals surface area contributed by atoms with Gasteiger partial charge in [0.1, 0.15) is 5.75 Å². The molecule has 1 aliphatic heterocycles. The molecule has 0 unspecified atom stereocenters. The fraction of sp³-hybridized carbons (Fsp3) is 0.233. The minimum atomic E-state index is -0.225. The molecule has 3 heterocycles. The molecule has 0 saturated carbocycles. The Morgan fingerprint density at radius 3 is 2.44 bits per heavy atom. The summed E-state index contributed by atoms with van der Waals surface area (Å²) in [7, 11) is 0. The molecule has 0 aliphatic carbocycles. The Morgan fingerprint density at radius 2 is 1.79 bits per heavy atom. The Morgan fingerprint density at radius 1 is 1.08 bits per heavy atom. The fourth-order valence-corrected chi connectivity index (χ4v) is 5.64. The van der Waals surface area contributed by atoms with Crippen LogP contribution < -0.4 is 15.5 Å². The van der Waals surface area contributed by atoms with Gasteiger partial charge in [0.15, 0.2) is 5.11 Å². The zero-order valence-electron chi connectivity index (χ0n) is 22.1. The number of amides is 1. The van der Waals surface area contributed by atoms with Crippen LogP contribution in [-0.2, 0) is 4.79 Å². The normalized spacial score (nSPS) is 17.0. The SMILES string of the molecule is Cc1cc([C@H]2[C@H](c3ccccn3)NC(=S)N2c2ccc(NC(=O)C(C)C)c(Cl)c2)c(C)n1-c1ccc(O)cc1. The van der Waals surface area contributed by atoms with Gasteiger partial charge in [0, 0.05) is 34.9 Å². The number of benzene rings is 2. The van der Waals surface area contributed by atoms with Gasteiger partial charge < -0.3 is 25.2 Å². The van der Waals surface area contributed by atoms with E-state index in [1.54, 1.807) is 18.3 Å². The van der Waals surface area contributed by atoms with Crippen molar-refractivity contribution in [3.05, 3.63) is 101 Å². The number of pyridine rings is 1. The van der Waals surface area contributed by atoms with Crippen molar-refractivity contribution in [3.8, 4) is 11.4 Å². The van der Waals surface area contributed by atoms with Gasteiger partial charge in [0.25, 0.3) is 0 Å². The molecule has 0 bridgehead atoms. The predicted octanol–water partition coefficient (Wildman–Crippen LogP) is 6.62. The van der Waals surface area contributed by atoms with Crippen LogP contribution >= 0.6 is 23.8 Å². The number of phenols is 1. The minimum Gasteiger partial charge on any atom is -0.508 e. The molecule has 9 heteroatoms. The molecule has 7 nitrogen and oxygen atoms in total. The van der Waals surface area contributed by atoms with Crippen LogP contribution in [0.4, 0.5) is 11.4 Å². The van der Waals surface area contributed by atoms with Crippen molar-refractivity contribution >= 4 is 46.2 Å². The van der Waals surface area contributed by atoms with E-state index in [1.165, 1.54) is 0 Å². The topological polar surface area (TPSA) is 82.4 Å². The molecule has 5 rings (SSSR count). The van der Waals surface area contributed by atoms with Crippen molar-refractivity contribution in [2.75, 3.05) is 10.2 Å². The summed E-state index contributed by atoms with van der Waals surface area (Å²) in [6, 6.07) is 20.3. The number of aromatic hydroxyl groups is 1. The van der Waals surface area contributed by atoms with Crippen molar-refractivity contribution in [1.29, 1.82) is 0 Å². The zero-order chi connectivity index (χ0) is 27.8. The number of nitrogens with one attached hydrogen (secondary N) is 2. The van der Waals surface area contributed by atoms with Gasteiger partial charge in [-0.2, -0.15) is 0 Å². The lowest BCUT2D eigenvalue weighted by molar-refractivity contribution is -0.118. The monoisotopic (exact) mass is 559 g/mol. The Kier molecular flexibility index (Phi) is 7.34. The van der Waals surface area contributed by atoms with Crippen molar-refractivity contribution in [3.63, 3.8) is 0 Å². The number of thiocarbonyl (C=S) groups is 1. The summed E-state index contributed by atoms with van der Waals surface area (Å²) in [5.74, 6) is -0.0423. The first kappa shape index (κ1) is 26.7. The van der Waals surface area contributed by atoms with Crippen LogP contribution in [0.15, 0.2) is 72.9 Å². The van der Waals surface area contributed by atoms with E-state index in [0.717, 1.165) is 34.0 Å². The number of carbonyl (C=O) groups excluding carboxylic acids is 1. The fourth-order valence-electron chi connectivity index (χ4n) is 5.07. The molecule has 4 aromatic rings. The highest BCUT2D eigenvalue weighted by Gasteiger charge is 2.42. The van der Waals surface area contributed by atoms with Crippen LogP contribution in [0.2, 0.25) is 5.02 Å². The number of phenolic OH excluding ortho intramolecular Hbond substituents is 1. The molecule has 2 aromatic carbocycles. The molecular weight excluding hydrogens is 530 g/mol. The first-order valence-electron chi connectivity index (χ1n) is 12.7. The Balaban J connectivity index is 1.61. The molecule has 0 radical (unpaired) electrons. The number of nitrogens with zero attached hydrogens (tertiary/aromatic N) is 3. The molecule has 1 aliphatic rings. The first-order valence-corrected chi connectivity index (χ1v) is 13.5. The van der Waals surface area contributed by atoms with E-state index in [9.17, 15) is 9.90 Å².